The molecule has 1 atom stereocenters. The Hall–Kier alpha value is -0.840. The van der Waals surface area contributed by atoms with Gasteiger partial charge in [-0.1, -0.05) is 39.7 Å². The number of hydrogen-bond donors (Lipinski definition) is 1. The lowest BCUT2D eigenvalue weighted by Gasteiger charge is -2.26. The van der Waals surface area contributed by atoms with Gasteiger partial charge in [0, 0.05) is 29.4 Å². The summed E-state index contributed by atoms with van der Waals surface area (Å²) < 4.78 is 24.1. The molecule has 0 aromatic heterocycles. The minimum atomic E-state index is -3.37. The van der Waals surface area contributed by atoms with Crippen LogP contribution in [0, 0.1) is 0 Å². The van der Waals surface area contributed by atoms with Gasteiger partial charge in [-0.05, 0) is 42.0 Å². The van der Waals surface area contributed by atoms with Crippen molar-refractivity contribution in [3.05, 3.63) is 63.6 Å². The van der Waals surface area contributed by atoms with Crippen LogP contribution in [-0.4, -0.2) is 14.2 Å². The maximum absolute atomic E-state index is 12.9. The van der Waals surface area contributed by atoms with Gasteiger partial charge in [0.15, 0.2) is 5.78 Å². The van der Waals surface area contributed by atoms with Crippen LogP contribution < -0.4 is 5.32 Å². The Bertz CT molecular complexity index is 655. The van der Waals surface area contributed by atoms with E-state index in [-0.39, 0.29) is 0 Å². The largest absolute Gasteiger partial charge is 0.368 e. The number of nitrogens with one attached hydrogen (secondary N) is 1. The molecule has 4 nitrogen and oxygen atoms in total. The number of hydrogen-bond acceptors (Lipinski definition) is 4. The second-order valence-electron chi connectivity index (χ2n) is 4.51. The van der Waals surface area contributed by atoms with Crippen LogP contribution in [0.5, 0.6) is 0 Å². The Morgan fingerprint density at radius 2 is 1.59 bits per heavy atom. The molecular weight excluding hydrogens is 389 g/mol. The molecule has 2 rings (SSSR count). The van der Waals surface area contributed by atoms with Crippen molar-refractivity contribution in [1.82, 2.24) is 0 Å². The Kier molecular flexibility index (Phi) is 6.07. The molecule has 118 valence electrons. The molecule has 0 bridgehead atoms. The standard InChI is InChI=1S/C15H16BrClNO3P/c1-20-22(19,21-2)15(11-3-5-12(16)6-4-11)18-14-9-7-13(17)8-10-14/h3-10,15,18H,1-2H3/t15-/m1/s1. The molecule has 0 radical (unpaired) electrons. The van der Waals surface area contributed by atoms with Gasteiger partial charge in [-0.25, -0.2) is 0 Å². The normalized spacial score (nSPS) is 12.9. The third-order valence-electron chi connectivity index (χ3n) is 3.16. The van der Waals surface area contributed by atoms with E-state index in [4.69, 9.17) is 20.6 Å². The highest BCUT2D eigenvalue weighted by Crippen LogP contribution is 2.59. The molecule has 0 aliphatic carbocycles. The van der Waals surface area contributed by atoms with Crippen LogP contribution in [0.3, 0.4) is 0 Å². The molecule has 0 spiro atoms. The molecule has 0 saturated heterocycles. The maximum atomic E-state index is 12.9. The lowest BCUT2D eigenvalue weighted by Crippen LogP contribution is -2.13. The summed E-state index contributed by atoms with van der Waals surface area (Å²) in [6.07, 6.45) is 0. The summed E-state index contributed by atoms with van der Waals surface area (Å²) in [7, 11) is -0.616. The van der Waals surface area contributed by atoms with Crippen LogP contribution in [0.2, 0.25) is 5.02 Å². The van der Waals surface area contributed by atoms with Crippen molar-refractivity contribution >= 4 is 40.8 Å². The smallest absolute Gasteiger partial charge is 0.356 e. The third kappa shape index (κ3) is 4.12. The van der Waals surface area contributed by atoms with Gasteiger partial charge in [0.05, 0.1) is 0 Å². The molecule has 2 aromatic rings. The lowest BCUT2D eigenvalue weighted by molar-refractivity contribution is 0.268. The van der Waals surface area contributed by atoms with Gasteiger partial charge in [0.1, 0.15) is 0 Å². The van der Waals surface area contributed by atoms with E-state index in [0.29, 0.717) is 5.02 Å². The summed E-state index contributed by atoms with van der Waals surface area (Å²) in [4.78, 5) is 0. The molecule has 22 heavy (non-hydrogen) atoms. The number of anilines is 1. The van der Waals surface area contributed by atoms with E-state index in [1.807, 2.05) is 36.4 Å². The topological polar surface area (TPSA) is 47.6 Å². The molecular formula is C15H16BrClNO3P. The van der Waals surface area contributed by atoms with Crippen molar-refractivity contribution in [2.75, 3.05) is 19.5 Å². The van der Waals surface area contributed by atoms with Crippen molar-refractivity contribution < 1.29 is 13.6 Å². The van der Waals surface area contributed by atoms with Crippen LogP contribution in [-0.2, 0) is 13.6 Å². The minimum Gasteiger partial charge on any atom is -0.368 e. The molecule has 0 aliphatic heterocycles. The first kappa shape index (κ1) is 17.5. The van der Waals surface area contributed by atoms with E-state index in [0.717, 1.165) is 15.7 Å². The Balaban J connectivity index is 2.39. The molecule has 0 aliphatic rings. The number of benzene rings is 2. The van der Waals surface area contributed by atoms with Gasteiger partial charge in [-0.2, -0.15) is 0 Å². The lowest BCUT2D eigenvalue weighted by atomic mass is 10.2. The fourth-order valence-electron chi connectivity index (χ4n) is 1.98. The van der Waals surface area contributed by atoms with E-state index in [9.17, 15) is 4.57 Å². The van der Waals surface area contributed by atoms with Gasteiger partial charge in [0.25, 0.3) is 0 Å². The first-order valence-electron chi connectivity index (χ1n) is 6.47. The minimum absolute atomic E-state index is 0.628. The predicted molar refractivity (Wildman–Crippen MR) is 93.6 cm³/mol. The van der Waals surface area contributed by atoms with Crippen molar-refractivity contribution in [2.24, 2.45) is 0 Å². The van der Waals surface area contributed by atoms with Gasteiger partial charge in [-0.15, -0.1) is 0 Å². The summed E-state index contributed by atoms with van der Waals surface area (Å²) >= 11 is 9.28. The van der Waals surface area contributed by atoms with Gasteiger partial charge >= 0.3 is 7.60 Å². The van der Waals surface area contributed by atoms with Crippen molar-refractivity contribution in [1.29, 1.82) is 0 Å². The summed E-state index contributed by atoms with van der Waals surface area (Å²) in [5, 5.41) is 3.83. The maximum Gasteiger partial charge on any atom is 0.356 e. The van der Waals surface area contributed by atoms with E-state index in [1.165, 1.54) is 14.2 Å². The third-order valence-corrected chi connectivity index (χ3v) is 6.02. The molecule has 0 unspecified atom stereocenters. The molecule has 0 amide bonds. The fourth-order valence-corrected chi connectivity index (χ4v) is 3.78. The van der Waals surface area contributed by atoms with Crippen LogP contribution in [0.1, 0.15) is 11.3 Å². The van der Waals surface area contributed by atoms with E-state index >= 15 is 0 Å². The van der Waals surface area contributed by atoms with Gasteiger partial charge in [0.2, 0.25) is 0 Å². The molecule has 0 saturated carbocycles. The first-order valence-corrected chi connectivity index (χ1v) is 9.25. The average molecular weight is 405 g/mol. The highest BCUT2D eigenvalue weighted by Gasteiger charge is 2.35. The quantitative estimate of drug-likeness (QED) is 0.628. The summed E-state index contributed by atoms with van der Waals surface area (Å²) in [5.41, 5.74) is 1.57. The summed E-state index contributed by atoms with van der Waals surface area (Å²) in [5.74, 6) is -0.628. The molecule has 0 heterocycles. The number of halogens is 2. The zero-order valence-corrected chi connectivity index (χ0v) is 15.4. The molecule has 0 fully saturated rings. The highest BCUT2D eigenvalue weighted by atomic mass is 79.9. The first-order chi connectivity index (χ1) is 10.5. The van der Waals surface area contributed by atoms with Crippen LogP contribution in [0.15, 0.2) is 53.0 Å². The predicted octanol–water partition coefficient (Wildman–Crippen LogP) is 5.70. The van der Waals surface area contributed by atoms with Crippen LogP contribution in [0.25, 0.3) is 0 Å². The number of rotatable bonds is 6. The second-order valence-corrected chi connectivity index (χ2v) is 8.19. The Labute approximate surface area is 143 Å². The van der Waals surface area contributed by atoms with Crippen LogP contribution in [0.4, 0.5) is 5.69 Å². The van der Waals surface area contributed by atoms with E-state index in [2.05, 4.69) is 21.2 Å². The highest BCUT2D eigenvalue weighted by molar-refractivity contribution is 9.10. The van der Waals surface area contributed by atoms with Gasteiger partial charge < -0.3 is 14.4 Å². The van der Waals surface area contributed by atoms with Gasteiger partial charge in [-0.3, -0.25) is 4.57 Å². The molecule has 1 N–H and O–H groups in total. The molecule has 7 heteroatoms. The Morgan fingerprint density at radius 3 is 2.09 bits per heavy atom. The van der Waals surface area contributed by atoms with E-state index < -0.39 is 13.4 Å². The van der Waals surface area contributed by atoms with E-state index in [1.54, 1.807) is 12.1 Å². The fraction of sp³-hybridized carbons (Fsp3) is 0.200. The molecule has 2 aromatic carbocycles. The SMILES string of the molecule is COP(=O)(OC)[C@@H](Nc1ccc(Cl)cc1)c1ccc(Br)cc1. The zero-order chi connectivity index (χ0) is 16.2. The second kappa shape index (κ2) is 7.62. The Morgan fingerprint density at radius 1 is 1.05 bits per heavy atom. The monoisotopic (exact) mass is 403 g/mol. The van der Waals surface area contributed by atoms with Crippen molar-refractivity contribution in [3.8, 4) is 0 Å². The van der Waals surface area contributed by atoms with Crippen LogP contribution >= 0.6 is 35.1 Å². The zero-order valence-electron chi connectivity index (χ0n) is 12.1. The summed E-state index contributed by atoms with van der Waals surface area (Å²) in [6.45, 7) is 0. The van der Waals surface area contributed by atoms with Crippen molar-refractivity contribution in [2.45, 2.75) is 5.78 Å². The summed E-state index contributed by atoms with van der Waals surface area (Å²) in [6, 6.07) is 14.6. The van der Waals surface area contributed by atoms with Crippen molar-refractivity contribution in [3.63, 3.8) is 0 Å². The average Bonchev–Trinajstić information content (AvgIpc) is 2.54.